The molecule has 0 aliphatic heterocycles. The van der Waals surface area contributed by atoms with Crippen molar-refractivity contribution in [2.75, 3.05) is 0 Å². The van der Waals surface area contributed by atoms with E-state index in [1.807, 2.05) is 24.6 Å². The van der Waals surface area contributed by atoms with Crippen LogP contribution in [0.3, 0.4) is 0 Å². The van der Waals surface area contributed by atoms with E-state index in [0.717, 1.165) is 4.88 Å². The fourth-order valence-corrected chi connectivity index (χ4v) is 1.81. The SMILES string of the molecule is Cn1cnc(=O)n1Cc1cccs1. The van der Waals surface area contributed by atoms with Gasteiger partial charge >= 0.3 is 5.69 Å². The molecule has 13 heavy (non-hydrogen) atoms. The van der Waals surface area contributed by atoms with Gasteiger partial charge in [-0.3, -0.25) is 4.68 Å². The zero-order valence-corrected chi connectivity index (χ0v) is 7.99. The number of aromatic nitrogens is 3. The molecule has 2 aromatic heterocycles. The predicted molar refractivity (Wildman–Crippen MR) is 50.9 cm³/mol. The summed E-state index contributed by atoms with van der Waals surface area (Å²) < 4.78 is 3.29. The van der Waals surface area contributed by atoms with E-state index in [9.17, 15) is 4.79 Å². The van der Waals surface area contributed by atoms with Crippen LogP contribution in [0.4, 0.5) is 0 Å². The summed E-state index contributed by atoms with van der Waals surface area (Å²) in [5, 5.41) is 2.00. The summed E-state index contributed by atoms with van der Waals surface area (Å²) >= 11 is 1.64. The van der Waals surface area contributed by atoms with E-state index in [2.05, 4.69) is 4.98 Å². The van der Waals surface area contributed by atoms with Crippen LogP contribution in [0.25, 0.3) is 0 Å². The number of aryl methyl sites for hydroxylation is 1. The Morgan fingerprint density at radius 3 is 3.00 bits per heavy atom. The zero-order chi connectivity index (χ0) is 9.26. The molecule has 0 fully saturated rings. The molecular formula is C8H9N3OS. The second-order valence-corrected chi connectivity index (χ2v) is 3.77. The van der Waals surface area contributed by atoms with Gasteiger partial charge in [0, 0.05) is 11.9 Å². The Bertz CT molecular complexity index is 440. The molecule has 0 aliphatic carbocycles. The average Bonchev–Trinajstić information content (AvgIpc) is 2.70. The van der Waals surface area contributed by atoms with Crippen LogP contribution in [0.1, 0.15) is 4.88 Å². The van der Waals surface area contributed by atoms with Crippen LogP contribution < -0.4 is 5.69 Å². The molecule has 0 N–H and O–H groups in total. The summed E-state index contributed by atoms with van der Waals surface area (Å²) in [5.41, 5.74) is -0.198. The summed E-state index contributed by atoms with van der Waals surface area (Å²) in [7, 11) is 1.81. The molecule has 0 bridgehead atoms. The van der Waals surface area contributed by atoms with Crippen molar-refractivity contribution in [2.45, 2.75) is 6.54 Å². The van der Waals surface area contributed by atoms with Crippen LogP contribution in [0.5, 0.6) is 0 Å². The van der Waals surface area contributed by atoms with Gasteiger partial charge in [-0.1, -0.05) is 6.07 Å². The van der Waals surface area contributed by atoms with E-state index in [4.69, 9.17) is 0 Å². The maximum Gasteiger partial charge on any atom is 0.364 e. The topological polar surface area (TPSA) is 39.8 Å². The molecule has 4 nitrogen and oxygen atoms in total. The fraction of sp³-hybridized carbons (Fsp3) is 0.250. The van der Waals surface area contributed by atoms with Crippen molar-refractivity contribution in [2.24, 2.45) is 7.05 Å². The van der Waals surface area contributed by atoms with Crippen molar-refractivity contribution in [3.05, 3.63) is 39.2 Å². The van der Waals surface area contributed by atoms with Crippen molar-refractivity contribution >= 4 is 11.3 Å². The minimum atomic E-state index is -0.198. The molecule has 2 aromatic rings. The van der Waals surface area contributed by atoms with Gasteiger partial charge in [0.25, 0.3) is 0 Å². The van der Waals surface area contributed by atoms with Crippen LogP contribution in [0.15, 0.2) is 28.6 Å². The summed E-state index contributed by atoms with van der Waals surface area (Å²) in [6.07, 6.45) is 1.52. The lowest BCUT2D eigenvalue weighted by atomic mass is 10.5. The van der Waals surface area contributed by atoms with Crippen LogP contribution >= 0.6 is 11.3 Å². The zero-order valence-electron chi connectivity index (χ0n) is 7.17. The Labute approximate surface area is 79.1 Å². The maximum atomic E-state index is 11.2. The number of thiophene rings is 1. The lowest BCUT2D eigenvalue weighted by Crippen LogP contribution is -2.22. The molecule has 0 amide bonds. The highest BCUT2D eigenvalue weighted by Crippen LogP contribution is 2.08. The number of rotatable bonds is 2. The van der Waals surface area contributed by atoms with Crippen molar-refractivity contribution in [1.82, 2.24) is 14.3 Å². The minimum absolute atomic E-state index is 0.198. The Morgan fingerprint density at radius 2 is 2.46 bits per heavy atom. The van der Waals surface area contributed by atoms with E-state index in [1.54, 1.807) is 20.7 Å². The first-order valence-corrected chi connectivity index (χ1v) is 4.76. The molecule has 5 heteroatoms. The third kappa shape index (κ3) is 1.55. The van der Waals surface area contributed by atoms with Crippen molar-refractivity contribution in [1.29, 1.82) is 0 Å². The highest BCUT2D eigenvalue weighted by molar-refractivity contribution is 7.09. The quantitative estimate of drug-likeness (QED) is 0.707. The molecule has 0 spiro atoms. The Hall–Kier alpha value is -1.36. The Kier molecular flexibility index (Phi) is 2.02. The number of hydrogen-bond acceptors (Lipinski definition) is 3. The molecule has 0 aliphatic rings. The van der Waals surface area contributed by atoms with Crippen LogP contribution in [-0.4, -0.2) is 14.3 Å². The van der Waals surface area contributed by atoms with E-state index in [-0.39, 0.29) is 5.69 Å². The first kappa shape index (κ1) is 8.25. The Morgan fingerprint density at radius 1 is 1.62 bits per heavy atom. The van der Waals surface area contributed by atoms with Gasteiger partial charge in [0.2, 0.25) is 0 Å². The third-order valence-corrected chi connectivity index (χ3v) is 2.68. The maximum absolute atomic E-state index is 11.2. The van der Waals surface area contributed by atoms with E-state index < -0.39 is 0 Å². The van der Waals surface area contributed by atoms with Gasteiger partial charge in [0.15, 0.2) is 0 Å². The van der Waals surface area contributed by atoms with Crippen molar-refractivity contribution in [3.63, 3.8) is 0 Å². The van der Waals surface area contributed by atoms with E-state index >= 15 is 0 Å². The first-order chi connectivity index (χ1) is 6.27. The fourth-order valence-electron chi connectivity index (χ4n) is 1.13. The lowest BCUT2D eigenvalue weighted by Gasteiger charge is -2.02. The smallest absolute Gasteiger partial charge is 0.273 e. The average molecular weight is 195 g/mol. The summed E-state index contributed by atoms with van der Waals surface area (Å²) in [5.74, 6) is 0. The second kappa shape index (κ2) is 3.18. The molecule has 0 saturated heterocycles. The second-order valence-electron chi connectivity index (χ2n) is 2.74. The summed E-state index contributed by atoms with van der Waals surface area (Å²) in [4.78, 5) is 16.0. The van der Waals surface area contributed by atoms with E-state index in [0.29, 0.717) is 6.54 Å². The normalized spacial score (nSPS) is 10.5. The van der Waals surface area contributed by atoms with Crippen molar-refractivity contribution in [3.8, 4) is 0 Å². The summed E-state index contributed by atoms with van der Waals surface area (Å²) in [6, 6.07) is 3.98. The van der Waals surface area contributed by atoms with Gasteiger partial charge in [-0.2, -0.15) is 4.98 Å². The molecule has 2 heterocycles. The predicted octanol–water partition coefficient (Wildman–Crippen LogP) is 0.692. The van der Waals surface area contributed by atoms with E-state index in [1.165, 1.54) is 6.33 Å². The molecule has 0 atom stereocenters. The van der Waals surface area contributed by atoms with Crippen molar-refractivity contribution < 1.29 is 0 Å². The van der Waals surface area contributed by atoms with Gasteiger partial charge in [-0.15, -0.1) is 11.3 Å². The van der Waals surface area contributed by atoms with Crippen LogP contribution in [0.2, 0.25) is 0 Å². The molecule has 0 saturated carbocycles. The molecule has 2 rings (SSSR count). The molecule has 0 unspecified atom stereocenters. The minimum Gasteiger partial charge on any atom is -0.273 e. The van der Waals surface area contributed by atoms with Crippen LogP contribution in [0, 0.1) is 0 Å². The number of hydrogen-bond donors (Lipinski definition) is 0. The summed E-state index contributed by atoms with van der Waals surface area (Å²) in [6.45, 7) is 0.604. The first-order valence-electron chi connectivity index (χ1n) is 3.88. The molecular weight excluding hydrogens is 186 g/mol. The molecule has 0 radical (unpaired) electrons. The largest absolute Gasteiger partial charge is 0.364 e. The Balaban J connectivity index is 2.33. The van der Waals surface area contributed by atoms with Gasteiger partial charge in [0.1, 0.15) is 6.33 Å². The molecule has 68 valence electrons. The van der Waals surface area contributed by atoms with Gasteiger partial charge < -0.3 is 0 Å². The highest BCUT2D eigenvalue weighted by Gasteiger charge is 2.02. The highest BCUT2D eigenvalue weighted by atomic mass is 32.1. The van der Waals surface area contributed by atoms with Gasteiger partial charge in [-0.05, 0) is 11.4 Å². The standard InChI is InChI=1S/C8H9N3OS/c1-10-6-9-8(12)11(10)5-7-3-2-4-13-7/h2-4,6H,5H2,1H3. The molecule has 0 aromatic carbocycles. The van der Waals surface area contributed by atoms with Crippen LogP contribution in [-0.2, 0) is 13.6 Å². The lowest BCUT2D eigenvalue weighted by molar-refractivity contribution is 0.538. The third-order valence-electron chi connectivity index (χ3n) is 1.82. The van der Waals surface area contributed by atoms with Gasteiger partial charge in [0.05, 0.1) is 6.54 Å². The monoisotopic (exact) mass is 195 g/mol. The van der Waals surface area contributed by atoms with Gasteiger partial charge in [-0.25, -0.2) is 9.48 Å². The number of nitrogens with zero attached hydrogens (tertiary/aromatic N) is 3.